The minimum absolute atomic E-state index is 0.339. The van der Waals surface area contributed by atoms with Gasteiger partial charge in [0.25, 0.3) is 0 Å². The highest BCUT2D eigenvalue weighted by atomic mass is 16.5. The van der Waals surface area contributed by atoms with Crippen LogP contribution in [0.15, 0.2) is 12.3 Å². The maximum atomic E-state index is 5.86. The molecule has 0 saturated carbocycles. The summed E-state index contributed by atoms with van der Waals surface area (Å²) < 4.78 is 5.86. The van der Waals surface area contributed by atoms with Gasteiger partial charge < -0.3 is 15.0 Å². The number of piperidine rings is 1. The third-order valence-electron chi connectivity index (χ3n) is 3.24. The number of anilines is 2. The Bertz CT molecular complexity index is 385. The molecule has 0 amide bonds. The van der Waals surface area contributed by atoms with Gasteiger partial charge in [-0.05, 0) is 32.3 Å². The van der Waals surface area contributed by atoms with Crippen molar-refractivity contribution in [1.29, 1.82) is 0 Å². The van der Waals surface area contributed by atoms with Crippen molar-refractivity contribution in [3.8, 4) is 0 Å². The molecule has 1 N–H and O–H groups in total. The van der Waals surface area contributed by atoms with Gasteiger partial charge in [-0.15, -0.1) is 0 Å². The van der Waals surface area contributed by atoms with E-state index >= 15 is 0 Å². The molecule has 19 heavy (non-hydrogen) atoms. The zero-order valence-corrected chi connectivity index (χ0v) is 11.9. The Kier molecular flexibility index (Phi) is 5.39. The third-order valence-corrected chi connectivity index (χ3v) is 3.24. The summed E-state index contributed by atoms with van der Waals surface area (Å²) >= 11 is 0. The predicted octanol–water partition coefficient (Wildman–Crippen LogP) is 2.30. The van der Waals surface area contributed by atoms with Crippen LogP contribution in [0.3, 0.4) is 0 Å². The first-order valence-electron chi connectivity index (χ1n) is 7.27. The topological polar surface area (TPSA) is 50.3 Å². The minimum atomic E-state index is 0.339. The fourth-order valence-electron chi connectivity index (χ4n) is 2.34. The van der Waals surface area contributed by atoms with E-state index in [0.29, 0.717) is 12.1 Å². The monoisotopic (exact) mass is 264 g/mol. The second-order valence-corrected chi connectivity index (χ2v) is 4.85. The standard InChI is InChI=1S/C14H24N4O/c1-3-10-19-12-6-5-9-18(11-12)13-7-8-16-14(17-13)15-4-2/h7-8,12H,3-6,9-11H2,1-2H3,(H,15,16,17). The van der Waals surface area contributed by atoms with Gasteiger partial charge in [-0.2, -0.15) is 4.98 Å². The molecule has 1 fully saturated rings. The van der Waals surface area contributed by atoms with E-state index in [4.69, 9.17) is 4.74 Å². The van der Waals surface area contributed by atoms with Crippen molar-refractivity contribution in [2.45, 2.75) is 39.2 Å². The molecular weight excluding hydrogens is 240 g/mol. The van der Waals surface area contributed by atoms with Crippen LogP contribution >= 0.6 is 0 Å². The van der Waals surface area contributed by atoms with Gasteiger partial charge in [0.15, 0.2) is 0 Å². The molecule has 0 radical (unpaired) electrons. The maximum Gasteiger partial charge on any atom is 0.224 e. The Morgan fingerprint density at radius 1 is 1.47 bits per heavy atom. The lowest BCUT2D eigenvalue weighted by atomic mass is 10.1. The molecular formula is C14H24N4O. The lowest BCUT2D eigenvalue weighted by Gasteiger charge is -2.33. The molecule has 0 aromatic carbocycles. The Balaban J connectivity index is 1.98. The van der Waals surface area contributed by atoms with E-state index in [2.05, 4.69) is 27.1 Å². The van der Waals surface area contributed by atoms with Crippen LogP contribution in [0, 0.1) is 0 Å². The number of aromatic nitrogens is 2. The van der Waals surface area contributed by atoms with Crippen molar-refractivity contribution >= 4 is 11.8 Å². The molecule has 5 nitrogen and oxygen atoms in total. The van der Waals surface area contributed by atoms with Crippen molar-refractivity contribution in [3.05, 3.63) is 12.3 Å². The van der Waals surface area contributed by atoms with Crippen molar-refractivity contribution in [2.24, 2.45) is 0 Å². The molecule has 0 bridgehead atoms. The van der Waals surface area contributed by atoms with Gasteiger partial charge in [0.1, 0.15) is 5.82 Å². The van der Waals surface area contributed by atoms with Crippen molar-refractivity contribution in [3.63, 3.8) is 0 Å². The number of rotatable bonds is 6. The summed E-state index contributed by atoms with van der Waals surface area (Å²) in [4.78, 5) is 11.1. The van der Waals surface area contributed by atoms with E-state index in [1.54, 1.807) is 0 Å². The second kappa shape index (κ2) is 7.28. The van der Waals surface area contributed by atoms with Crippen molar-refractivity contribution < 1.29 is 4.74 Å². The van der Waals surface area contributed by atoms with Crippen molar-refractivity contribution in [1.82, 2.24) is 9.97 Å². The van der Waals surface area contributed by atoms with Crippen LogP contribution in [-0.4, -0.2) is 42.3 Å². The number of ether oxygens (including phenoxy) is 1. The molecule has 5 heteroatoms. The fourth-order valence-corrected chi connectivity index (χ4v) is 2.34. The molecule has 106 valence electrons. The molecule has 0 spiro atoms. The summed E-state index contributed by atoms with van der Waals surface area (Å²) in [5.41, 5.74) is 0. The molecule has 1 atom stereocenters. The van der Waals surface area contributed by atoms with E-state index in [9.17, 15) is 0 Å². The molecule has 1 aromatic rings. The lowest BCUT2D eigenvalue weighted by molar-refractivity contribution is 0.0439. The van der Waals surface area contributed by atoms with Crippen molar-refractivity contribution in [2.75, 3.05) is 36.5 Å². The highest BCUT2D eigenvalue weighted by molar-refractivity contribution is 5.42. The van der Waals surface area contributed by atoms with Gasteiger partial charge in [-0.25, -0.2) is 4.98 Å². The molecule has 1 aliphatic rings. The van der Waals surface area contributed by atoms with E-state index in [1.807, 2.05) is 19.2 Å². The zero-order chi connectivity index (χ0) is 13.5. The van der Waals surface area contributed by atoms with Crippen LogP contribution in [0.2, 0.25) is 0 Å². The van der Waals surface area contributed by atoms with Gasteiger partial charge in [-0.1, -0.05) is 6.92 Å². The summed E-state index contributed by atoms with van der Waals surface area (Å²) in [7, 11) is 0. The van der Waals surface area contributed by atoms with Crippen LogP contribution in [0.5, 0.6) is 0 Å². The van der Waals surface area contributed by atoms with Gasteiger partial charge in [0.05, 0.1) is 6.10 Å². The highest BCUT2D eigenvalue weighted by Crippen LogP contribution is 2.20. The SMILES string of the molecule is CCCOC1CCCN(c2ccnc(NCC)n2)C1. The summed E-state index contributed by atoms with van der Waals surface area (Å²) in [6.07, 6.45) is 5.55. The molecule has 1 aliphatic heterocycles. The number of nitrogens with one attached hydrogen (secondary N) is 1. The van der Waals surface area contributed by atoms with Crippen LogP contribution < -0.4 is 10.2 Å². The predicted molar refractivity (Wildman–Crippen MR) is 77.7 cm³/mol. The highest BCUT2D eigenvalue weighted by Gasteiger charge is 2.21. The van der Waals surface area contributed by atoms with Crippen LogP contribution in [0.4, 0.5) is 11.8 Å². The summed E-state index contributed by atoms with van der Waals surface area (Å²) in [5.74, 6) is 1.70. The van der Waals surface area contributed by atoms with E-state index in [1.165, 1.54) is 0 Å². The molecule has 0 aliphatic carbocycles. The Hall–Kier alpha value is -1.36. The molecule has 2 rings (SSSR count). The van der Waals surface area contributed by atoms with Gasteiger partial charge >= 0.3 is 0 Å². The summed E-state index contributed by atoms with van der Waals surface area (Å²) in [5, 5.41) is 3.15. The first-order valence-corrected chi connectivity index (χ1v) is 7.27. The van der Waals surface area contributed by atoms with Crippen LogP contribution in [0.1, 0.15) is 33.1 Å². The molecule has 2 heterocycles. The fraction of sp³-hybridized carbons (Fsp3) is 0.714. The summed E-state index contributed by atoms with van der Waals surface area (Å²) in [6.45, 7) is 7.87. The normalized spacial score (nSPS) is 19.5. The average Bonchev–Trinajstić information content (AvgIpc) is 2.46. The first-order chi connectivity index (χ1) is 9.33. The number of nitrogens with zero attached hydrogens (tertiary/aromatic N) is 3. The maximum absolute atomic E-state index is 5.86. The lowest BCUT2D eigenvalue weighted by Crippen LogP contribution is -2.40. The minimum Gasteiger partial charge on any atom is -0.376 e. The Labute approximate surface area is 115 Å². The van der Waals surface area contributed by atoms with E-state index in [0.717, 1.165) is 51.3 Å². The van der Waals surface area contributed by atoms with E-state index < -0.39 is 0 Å². The average molecular weight is 264 g/mol. The summed E-state index contributed by atoms with van der Waals surface area (Å²) in [6, 6.07) is 1.98. The quantitative estimate of drug-likeness (QED) is 0.854. The molecule has 1 unspecified atom stereocenters. The van der Waals surface area contributed by atoms with Gasteiger partial charge in [0, 0.05) is 32.4 Å². The number of hydrogen-bond acceptors (Lipinski definition) is 5. The van der Waals surface area contributed by atoms with E-state index in [-0.39, 0.29) is 0 Å². The Morgan fingerprint density at radius 2 is 2.37 bits per heavy atom. The first kappa shape index (κ1) is 14.1. The third kappa shape index (κ3) is 4.06. The molecule has 1 aromatic heterocycles. The molecule has 1 saturated heterocycles. The smallest absolute Gasteiger partial charge is 0.224 e. The Morgan fingerprint density at radius 3 is 3.16 bits per heavy atom. The van der Waals surface area contributed by atoms with Crippen LogP contribution in [-0.2, 0) is 4.74 Å². The largest absolute Gasteiger partial charge is 0.376 e. The second-order valence-electron chi connectivity index (χ2n) is 4.85. The van der Waals surface area contributed by atoms with Crippen LogP contribution in [0.25, 0.3) is 0 Å². The van der Waals surface area contributed by atoms with Gasteiger partial charge in [-0.3, -0.25) is 0 Å². The zero-order valence-electron chi connectivity index (χ0n) is 11.9. The van der Waals surface area contributed by atoms with Gasteiger partial charge in [0.2, 0.25) is 5.95 Å². The number of hydrogen-bond donors (Lipinski definition) is 1.